The molecular formula is C14H19ClN2O2S. The van der Waals surface area contributed by atoms with Crippen molar-refractivity contribution in [1.29, 1.82) is 0 Å². The van der Waals surface area contributed by atoms with Crippen LogP contribution in [0.2, 0.25) is 0 Å². The quantitative estimate of drug-likeness (QED) is 0.581. The number of alkyl halides is 1. The number of aromatic amines is 1. The van der Waals surface area contributed by atoms with Crippen molar-refractivity contribution in [3.63, 3.8) is 0 Å². The lowest BCUT2D eigenvalue weighted by molar-refractivity contribution is 0.578. The van der Waals surface area contributed by atoms with Gasteiger partial charge in [-0.1, -0.05) is 18.2 Å². The number of H-pyrrole nitrogens is 1. The van der Waals surface area contributed by atoms with Gasteiger partial charge in [0.25, 0.3) is 0 Å². The van der Waals surface area contributed by atoms with E-state index in [2.05, 4.69) is 9.71 Å². The Bertz CT molecular complexity index is 652. The average molecular weight is 315 g/mol. The molecular weight excluding hydrogens is 296 g/mol. The Labute approximate surface area is 124 Å². The zero-order valence-corrected chi connectivity index (χ0v) is 12.8. The van der Waals surface area contributed by atoms with Gasteiger partial charge in [-0.2, -0.15) is 0 Å². The minimum absolute atomic E-state index is 0.146. The summed E-state index contributed by atoms with van der Waals surface area (Å²) in [5, 5.41) is 1.15. The lowest BCUT2D eigenvalue weighted by atomic mass is 10.1. The number of rotatable bonds is 8. The molecule has 1 heterocycles. The summed E-state index contributed by atoms with van der Waals surface area (Å²) in [5.74, 6) is 0.651. The summed E-state index contributed by atoms with van der Waals surface area (Å²) in [6.45, 7) is 0.422. The van der Waals surface area contributed by atoms with Gasteiger partial charge in [0.1, 0.15) is 0 Å². The molecule has 0 aliphatic carbocycles. The molecule has 0 saturated heterocycles. The smallest absolute Gasteiger partial charge is 0.211 e. The number of fused-ring (bicyclic) bond motifs is 1. The summed E-state index contributed by atoms with van der Waals surface area (Å²) in [6, 6.07) is 8.00. The molecule has 0 amide bonds. The van der Waals surface area contributed by atoms with Crippen LogP contribution in [-0.2, 0) is 16.4 Å². The molecule has 0 unspecified atom stereocenters. The molecule has 6 heteroatoms. The van der Waals surface area contributed by atoms with Gasteiger partial charge < -0.3 is 4.98 Å². The number of hydrogen-bond acceptors (Lipinski definition) is 2. The van der Waals surface area contributed by atoms with Crippen LogP contribution in [0.25, 0.3) is 10.9 Å². The Morgan fingerprint density at radius 1 is 1.20 bits per heavy atom. The standard InChI is InChI=1S/C14H19ClN2O2S/c15-8-3-4-10-20(18,19)17-9-7-12-11-16-14-6-2-1-5-13(12)14/h1-2,5-6,11,16-17H,3-4,7-10H2. The number of sulfonamides is 1. The molecule has 2 N–H and O–H groups in total. The highest BCUT2D eigenvalue weighted by atomic mass is 35.5. The van der Waals surface area contributed by atoms with Crippen LogP contribution in [0.1, 0.15) is 18.4 Å². The number of para-hydroxylation sites is 1. The Balaban J connectivity index is 1.86. The van der Waals surface area contributed by atoms with Crippen LogP contribution in [0.3, 0.4) is 0 Å². The number of aromatic nitrogens is 1. The van der Waals surface area contributed by atoms with Crippen LogP contribution in [0.5, 0.6) is 0 Å². The van der Waals surface area contributed by atoms with E-state index in [0.29, 0.717) is 25.3 Å². The van der Waals surface area contributed by atoms with Gasteiger partial charge >= 0.3 is 0 Å². The first kappa shape index (κ1) is 15.4. The van der Waals surface area contributed by atoms with Crippen molar-refractivity contribution in [2.45, 2.75) is 19.3 Å². The molecule has 2 aromatic rings. The number of benzene rings is 1. The van der Waals surface area contributed by atoms with E-state index in [-0.39, 0.29) is 5.75 Å². The van der Waals surface area contributed by atoms with Gasteiger partial charge in [-0.25, -0.2) is 13.1 Å². The van der Waals surface area contributed by atoms with Crippen molar-refractivity contribution in [1.82, 2.24) is 9.71 Å². The van der Waals surface area contributed by atoms with E-state index in [1.54, 1.807) is 0 Å². The Morgan fingerprint density at radius 2 is 2.00 bits per heavy atom. The largest absolute Gasteiger partial charge is 0.361 e. The van der Waals surface area contributed by atoms with Gasteiger partial charge in [0.2, 0.25) is 10.0 Å². The van der Waals surface area contributed by atoms with Crippen LogP contribution in [-0.4, -0.2) is 31.6 Å². The zero-order valence-electron chi connectivity index (χ0n) is 11.2. The van der Waals surface area contributed by atoms with E-state index in [1.807, 2.05) is 30.5 Å². The first-order valence-electron chi connectivity index (χ1n) is 6.71. The topological polar surface area (TPSA) is 62.0 Å². The predicted molar refractivity (Wildman–Crippen MR) is 83.7 cm³/mol. The summed E-state index contributed by atoms with van der Waals surface area (Å²) in [6.07, 6.45) is 3.95. The normalized spacial score (nSPS) is 12.1. The summed E-state index contributed by atoms with van der Waals surface area (Å²) in [7, 11) is -3.18. The van der Waals surface area contributed by atoms with E-state index in [0.717, 1.165) is 22.9 Å². The van der Waals surface area contributed by atoms with Gasteiger partial charge in [0.05, 0.1) is 5.75 Å². The zero-order chi connectivity index (χ0) is 14.4. The molecule has 0 aliphatic rings. The highest BCUT2D eigenvalue weighted by Crippen LogP contribution is 2.17. The third-order valence-electron chi connectivity index (χ3n) is 3.19. The van der Waals surface area contributed by atoms with Gasteiger partial charge in [-0.3, -0.25) is 0 Å². The second kappa shape index (κ2) is 7.11. The predicted octanol–water partition coefficient (Wildman–Crippen LogP) is 2.65. The molecule has 1 aromatic heterocycles. The maximum atomic E-state index is 11.7. The molecule has 0 bridgehead atoms. The van der Waals surface area contributed by atoms with Crippen molar-refractivity contribution < 1.29 is 8.42 Å². The van der Waals surface area contributed by atoms with Crippen LogP contribution >= 0.6 is 11.6 Å². The van der Waals surface area contributed by atoms with Gasteiger partial charge in [-0.05, 0) is 30.9 Å². The van der Waals surface area contributed by atoms with E-state index in [9.17, 15) is 8.42 Å². The molecule has 0 aliphatic heterocycles. The van der Waals surface area contributed by atoms with Crippen molar-refractivity contribution in [3.8, 4) is 0 Å². The minimum atomic E-state index is -3.18. The monoisotopic (exact) mass is 314 g/mol. The third kappa shape index (κ3) is 4.23. The molecule has 0 radical (unpaired) electrons. The molecule has 20 heavy (non-hydrogen) atoms. The summed E-state index contributed by atoms with van der Waals surface area (Å²) in [5.41, 5.74) is 2.21. The first-order chi connectivity index (χ1) is 9.62. The van der Waals surface area contributed by atoms with Crippen molar-refractivity contribution in [2.24, 2.45) is 0 Å². The van der Waals surface area contributed by atoms with E-state index < -0.39 is 10.0 Å². The van der Waals surface area contributed by atoms with Crippen molar-refractivity contribution in [3.05, 3.63) is 36.0 Å². The molecule has 0 saturated carbocycles. The fraction of sp³-hybridized carbons (Fsp3) is 0.429. The van der Waals surface area contributed by atoms with Crippen LogP contribution in [0, 0.1) is 0 Å². The van der Waals surface area contributed by atoms with Gasteiger partial charge in [0, 0.05) is 29.5 Å². The molecule has 0 atom stereocenters. The molecule has 1 aromatic carbocycles. The van der Waals surface area contributed by atoms with Crippen LogP contribution in [0.15, 0.2) is 30.5 Å². The maximum Gasteiger partial charge on any atom is 0.211 e. The van der Waals surface area contributed by atoms with E-state index in [1.165, 1.54) is 0 Å². The molecule has 0 fully saturated rings. The minimum Gasteiger partial charge on any atom is -0.361 e. The number of hydrogen-bond donors (Lipinski definition) is 2. The van der Waals surface area contributed by atoms with E-state index >= 15 is 0 Å². The number of nitrogens with one attached hydrogen (secondary N) is 2. The van der Waals surface area contributed by atoms with Crippen LogP contribution in [0.4, 0.5) is 0 Å². The lowest BCUT2D eigenvalue weighted by Crippen LogP contribution is -2.28. The second-order valence-electron chi connectivity index (χ2n) is 4.72. The molecule has 110 valence electrons. The highest BCUT2D eigenvalue weighted by molar-refractivity contribution is 7.89. The Hall–Kier alpha value is -1.04. The maximum absolute atomic E-state index is 11.7. The lowest BCUT2D eigenvalue weighted by Gasteiger charge is -2.05. The third-order valence-corrected chi connectivity index (χ3v) is 4.93. The molecule has 0 spiro atoms. The highest BCUT2D eigenvalue weighted by Gasteiger charge is 2.09. The van der Waals surface area contributed by atoms with Crippen molar-refractivity contribution in [2.75, 3.05) is 18.2 Å². The molecule has 2 rings (SSSR count). The van der Waals surface area contributed by atoms with Crippen LogP contribution < -0.4 is 4.72 Å². The molecule has 4 nitrogen and oxygen atoms in total. The SMILES string of the molecule is O=S(=O)(CCCCCl)NCCc1c[nH]c2ccccc12. The van der Waals surface area contributed by atoms with Gasteiger partial charge in [0.15, 0.2) is 0 Å². The summed E-state index contributed by atoms with van der Waals surface area (Å²) in [4.78, 5) is 3.19. The second-order valence-corrected chi connectivity index (χ2v) is 7.02. The van der Waals surface area contributed by atoms with Gasteiger partial charge in [-0.15, -0.1) is 11.6 Å². The first-order valence-corrected chi connectivity index (χ1v) is 8.89. The fourth-order valence-electron chi connectivity index (χ4n) is 2.14. The van der Waals surface area contributed by atoms with E-state index in [4.69, 9.17) is 11.6 Å². The fourth-order valence-corrected chi connectivity index (χ4v) is 3.47. The summed E-state index contributed by atoms with van der Waals surface area (Å²) >= 11 is 5.54. The number of halogens is 1. The van der Waals surface area contributed by atoms with Crippen molar-refractivity contribution >= 4 is 32.5 Å². The Morgan fingerprint density at radius 3 is 2.80 bits per heavy atom. The summed E-state index contributed by atoms with van der Waals surface area (Å²) < 4.78 is 26.1. The Kier molecular flexibility index (Phi) is 5.46. The average Bonchev–Trinajstić information content (AvgIpc) is 2.82. The number of unbranched alkanes of at least 4 members (excludes halogenated alkanes) is 1.